The first-order chi connectivity index (χ1) is 11.4. The van der Waals surface area contributed by atoms with Crippen LogP contribution in [-0.2, 0) is 9.53 Å². The number of aromatic nitrogens is 1. The predicted molar refractivity (Wildman–Crippen MR) is 89.7 cm³/mol. The van der Waals surface area contributed by atoms with E-state index in [9.17, 15) is 9.59 Å². The summed E-state index contributed by atoms with van der Waals surface area (Å²) in [5.74, 6) is 1.71. The van der Waals surface area contributed by atoms with Gasteiger partial charge in [0.1, 0.15) is 5.15 Å². The van der Waals surface area contributed by atoms with E-state index in [0.29, 0.717) is 28.5 Å². The van der Waals surface area contributed by atoms with Gasteiger partial charge in [0.05, 0.1) is 5.56 Å². The number of ether oxygens (including phenoxy) is 1. The Morgan fingerprint density at radius 3 is 2.25 bits per heavy atom. The number of ketones is 1. The van der Waals surface area contributed by atoms with Gasteiger partial charge in [0.2, 0.25) is 0 Å². The highest BCUT2D eigenvalue weighted by Gasteiger charge is 2.55. The van der Waals surface area contributed by atoms with Crippen LogP contribution in [0, 0.1) is 23.2 Å². The Labute approximate surface area is 146 Å². The molecule has 0 amide bonds. The zero-order chi connectivity index (χ0) is 16.9. The van der Waals surface area contributed by atoms with E-state index in [0.717, 1.165) is 19.3 Å². The van der Waals surface area contributed by atoms with Crippen molar-refractivity contribution in [2.24, 2.45) is 23.2 Å². The fourth-order valence-corrected chi connectivity index (χ4v) is 5.73. The lowest BCUT2D eigenvalue weighted by molar-refractivity contribution is -0.152. The number of esters is 1. The summed E-state index contributed by atoms with van der Waals surface area (Å²) in [4.78, 5) is 29.2. The summed E-state index contributed by atoms with van der Waals surface area (Å²) < 4.78 is 5.46. The van der Waals surface area contributed by atoms with E-state index in [1.54, 1.807) is 19.1 Å². The first-order valence-electron chi connectivity index (χ1n) is 8.82. The molecule has 4 nitrogen and oxygen atoms in total. The number of nitrogens with zero attached hydrogens (tertiary/aromatic N) is 1. The third-order valence-corrected chi connectivity index (χ3v) is 6.40. The van der Waals surface area contributed by atoms with Gasteiger partial charge < -0.3 is 4.74 Å². The van der Waals surface area contributed by atoms with Gasteiger partial charge in [-0.3, -0.25) is 4.79 Å². The van der Waals surface area contributed by atoms with Crippen molar-refractivity contribution in [1.29, 1.82) is 0 Å². The minimum atomic E-state index is -0.704. The van der Waals surface area contributed by atoms with Crippen LogP contribution in [0.5, 0.6) is 0 Å². The summed E-state index contributed by atoms with van der Waals surface area (Å²) >= 11 is 5.73. The number of pyridine rings is 1. The Bertz CT molecular complexity index is 634. The molecule has 0 aromatic carbocycles. The predicted octanol–water partition coefficient (Wildman–Crippen LogP) is 4.07. The molecule has 0 spiro atoms. The quantitative estimate of drug-likeness (QED) is 0.608. The number of carbonyl (C=O) groups is 2. The van der Waals surface area contributed by atoms with Gasteiger partial charge in [-0.05, 0) is 75.3 Å². The molecule has 4 saturated carbocycles. The molecule has 1 unspecified atom stereocenters. The maximum Gasteiger partial charge on any atom is 0.340 e. The second-order valence-corrected chi connectivity index (χ2v) is 8.37. The van der Waals surface area contributed by atoms with Gasteiger partial charge in [-0.2, -0.15) is 0 Å². The van der Waals surface area contributed by atoms with E-state index in [2.05, 4.69) is 4.98 Å². The van der Waals surface area contributed by atoms with Crippen LogP contribution >= 0.6 is 11.6 Å². The Hall–Kier alpha value is -1.42. The van der Waals surface area contributed by atoms with Crippen LogP contribution in [0.25, 0.3) is 0 Å². The van der Waals surface area contributed by atoms with Gasteiger partial charge in [-0.25, -0.2) is 9.78 Å². The number of hydrogen-bond donors (Lipinski definition) is 0. The van der Waals surface area contributed by atoms with E-state index < -0.39 is 12.1 Å². The molecule has 1 atom stereocenters. The van der Waals surface area contributed by atoms with Gasteiger partial charge in [0.25, 0.3) is 0 Å². The third kappa shape index (κ3) is 2.75. The molecular weight excluding hydrogens is 326 g/mol. The molecule has 4 aliphatic carbocycles. The van der Waals surface area contributed by atoms with E-state index in [1.807, 2.05) is 0 Å². The molecule has 4 fully saturated rings. The lowest BCUT2D eigenvalue weighted by atomic mass is 9.48. The van der Waals surface area contributed by atoms with Crippen LogP contribution in [0.1, 0.15) is 55.8 Å². The van der Waals surface area contributed by atoms with Crippen molar-refractivity contribution in [2.45, 2.75) is 51.6 Å². The fraction of sp³-hybridized carbons (Fsp3) is 0.632. The number of Topliss-reactive ketones (excluding diaryl/α,β-unsaturated/α-hetero) is 1. The molecule has 4 bridgehead atoms. The van der Waals surface area contributed by atoms with Crippen LogP contribution in [-0.4, -0.2) is 22.8 Å². The van der Waals surface area contributed by atoms with Crippen molar-refractivity contribution < 1.29 is 14.3 Å². The molecule has 128 valence electrons. The first-order valence-corrected chi connectivity index (χ1v) is 9.20. The normalized spacial score (nSPS) is 34.8. The average molecular weight is 348 g/mol. The molecule has 0 aliphatic heterocycles. The molecule has 0 N–H and O–H groups in total. The van der Waals surface area contributed by atoms with Crippen LogP contribution in [0.15, 0.2) is 18.3 Å². The second-order valence-electron chi connectivity index (χ2n) is 7.98. The van der Waals surface area contributed by atoms with Gasteiger partial charge >= 0.3 is 5.97 Å². The average Bonchev–Trinajstić information content (AvgIpc) is 2.53. The molecule has 1 heterocycles. The molecule has 5 rings (SSSR count). The SMILES string of the molecule is CC(OC(=O)c1ccc(Cl)nc1)C(=O)C12CC3CC(CC(C3)C1)C2. The maximum atomic E-state index is 13.1. The number of carbonyl (C=O) groups excluding carboxylic acids is 2. The van der Waals surface area contributed by atoms with Crippen LogP contribution in [0.4, 0.5) is 0 Å². The molecule has 1 aromatic rings. The highest BCUT2D eigenvalue weighted by atomic mass is 35.5. The van der Waals surface area contributed by atoms with Gasteiger partial charge in [-0.1, -0.05) is 11.6 Å². The molecular formula is C19H22ClNO3. The minimum Gasteiger partial charge on any atom is -0.451 e. The topological polar surface area (TPSA) is 56.3 Å². The summed E-state index contributed by atoms with van der Waals surface area (Å²) in [5.41, 5.74) is 0.0803. The van der Waals surface area contributed by atoms with Crippen molar-refractivity contribution in [3.8, 4) is 0 Å². The molecule has 4 aliphatic rings. The fourth-order valence-electron chi connectivity index (χ4n) is 5.62. The third-order valence-electron chi connectivity index (χ3n) is 6.18. The second kappa shape index (κ2) is 5.83. The van der Waals surface area contributed by atoms with Crippen molar-refractivity contribution in [1.82, 2.24) is 4.98 Å². The van der Waals surface area contributed by atoms with Crippen LogP contribution in [0.2, 0.25) is 5.15 Å². The number of hydrogen-bond acceptors (Lipinski definition) is 4. The maximum absolute atomic E-state index is 13.1. The van der Waals surface area contributed by atoms with E-state index in [1.165, 1.54) is 25.5 Å². The van der Waals surface area contributed by atoms with E-state index in [-0.39, 0.29) is 11.2 Å². The molecule has 0 radical (unpaired) electrons. The zero-order valence-corrected chi connectivity index (χ0v) is 14.6. The largest absolute Gasteiger partial charge is 0.451 e. The Kier molecular flexibility index (Phi) is 3.91. The first kappa shape index (κ1) is 16.1. The highest BCUT2D eigenvalue weighted by Crippen LogP contribution is 2.60. The van der Waals surface area contributed by atoms with Crippen LogP contribution < -0.4 is 0 Å². The van der Waals surface area contributed by atoms with E-state index in [4.69, 9.17) is 16.3 Å². The summed E-state index contributed by atoms with van der Waals surface area (Å²) in [5, 5.41) is 0.323. The Morgan fingerprint density at radius 2 is 1.75 bits per heavy atom. The highest BCUT2D eigenvalue weighted by molar-refractivity contribution is 6.29. The standard InChI is InChI=1S/C19H22ClNO3/c1-11(24-18(23)15-2-3-16(20)21-10-15)17(22)19-7-12-4-13(8-19)6-14(5-12)9-19/h2-3,10-14H,4-9H2,1H3. The molecule has 24 heavy (non-hydrogen) atoms. The van der Waals surface area contributed by atoms with Crippen molar-refractivity contribution in [3.63, 3.8) is 0 Å². The van der Waals surface area contributed by atoms with Gasteiger partial charge in [0.15, 0.2) is 11.9 Å². The van der Waals surface area contributed by atoms with Gasteiger partial charge in [0, 0.05) is 11.6 Å². The number of rotatable bonds is 4. The van der Waals surface area contributed by atoms with Crippen molar-refractivity contribution >= 4 is 23.4 Å². The summed E-state index contributed by atoms with van der Waals surface area (Å²) in [6, 6.07) is 3.11. The van der Waals surface area contributed by atoms with Crippen molar-refractivity contribution in [2.75, 3.05) is 0 Å². The number of halogens is 1. The zero-order valence-electron chi connectivity index (χ0n) is 13.8. The smallest absolute Gasteiger partial charge is 0.340 e. The molecule has 1 aromatic heterocycles. The van der Waals surface area contributed by atoms with E-state index >= 15 is 0 Å². The van der Waals surface area contributed by atoms with Crippen molar-refractivity contribution in [3.05, 3.63) is 29.0 Å². The van der Waals surface area contributed by atoms with Crippen LogP contribution in [0.3, 0.4) is 0 Å². The lowest BCUT2D eigenvalue weighted by Crippen LogP contribution is -2.52. The summed E-state index contributed by atoms with van der Waals surface area (Å²) in [6.45, 7) is 1.71. The summed E-state index contributed by atoms with van der Waals surface area (Å²) in [6.07, 6.45) is 7.51. The molecule has 5 heteroatoms. The molecule has 0 saturated heterocycles. The monoisotopic (exact) mass is 347 g/mol. The Morgan fingerprint density at radius 1 is 1.17 bits per heavy atom. The lowest BCUT2D eigenvalue weighted by Gasteiger charge is -2.56. The summed E-state index contributed by atoms with van der Waals surface area (Å²) in [7, 11) is 0. The minimum absolute atomic E-state index is 0.122. The Balaban J connectivity index is 1.46. The van der Waals surface area contributed by atoms with Gasteiger partial charge in [-0.15, -0.1) is 0 Å².